The van der Waals surface area contributed by atoms with Gasteiger partial charge in [-0.15, -0.1) is 0 Å². The van der Waals surface area contributed by atoms with Crippen molar-refractivity contribution in [2.45, 2.75) is 18.9 Å². The van der Waals surface area contributed by atoms with E-state index in [-0.39, 0.29) is 17.9 Å². The number of nitrogens with zero attached hydrogens (tertiary/aromatic N) is 2. The van der Waals surface area contributed by atoms with Crippen LogP contribution in [0.2, 0.25) is 5.02 Å². The van der Waals surface area contributed by atoms with Crippen molar-refractivity contribution >= 4 is 34.0 Å². The fourth-order valence-electron chi connectivity index (χ4n) is 3.05. The summed E-state index contributed by atoms with van der Waals surface area (Å²) in [6.07, 6.45) is 1.71. The zero-order chi connectivity index (χ0) is 19.5. The lowest BCUT2D eigenvalue weighted by Crippen LogP contribution is -2.28. The van der Waals surface area contributed by atoms with Crippen molar-refractivity contribution in [3.8, 4) is 17.5 Å². The fraction of sp³-hybridized carbons (Fsp3) is 0.300. The van der Waals surface area contributed by atoms with E-state index in [1.807, 2.05) is 0 Å². The fourth-order valence-corrected chi connectivity index (χ4v) is 3.22. The number of rotatable bonds is 5. The molecule has 0 saturated carbocycles. The maximum atomic E-state index is 9.86. The standard InChI is InChI=1S/C20H20ClN3O4/c1-26-13-5-7-16(21)18(10-13)22-19-15-6-4-12(25)9-17(15)23-20(24-19)28-14-3-2-8-27-11-14/h4-7,9-10,14,25H,2-3,8,11H2,1H3,(H,22,23,24). The van der Waals surface area contributed by atoms with Crippen LogP contribution in [0, 0.1) is 0 Å². The SMILES string of the molecule is COc1ccc(Cl)c(Nc2nc(OC3CCCOC3)nc3cc(O)ccc23)c1. The Morgan fingerprint density at radius 1 is 1.21 bits per heavy atom. The third-order valence-corrected chi connectivity index (χ3v) is 4.81. The molecule has 2 aromatic carbocycles. The second kappa shape index (κ2) is 8.08. The molecule has 1 aliphatic heterocycles. The van der Waals surface area contributed by atoms with Crippen molar-refractivity contribution in [2.24, 2.45) is 0 Å². The Balaban J connectivity index is 1.73. The summed E-state index contributed by atoms with van der Waals surface area (Å²) in [5.41, 5.74) is 1.20. The summed E-state index contributed by atoms with van der Waals surface area (Å²) in [6, 6.07) is 10.4. The summed E-state index contributed by atoms with van der Waals surface area (Å²) < 4.78 is 16.7. The summed E-state index contributed by atoms with van der Waals surface area (Å²) in [6.45, 7) is 1.25. The molecule has 3 aromatic rings. The molecule has 8 heteroatoms. The molecule has 1 aliphatic rings. The molecule has 0 radical (unpaired) electrons. The van der Waals surface area contributed by atoms with Crippen molar-refractivity contribution < 1.29 is 19.3 Å². The van der Waals surface area contributed by atoms with Gasteiger partial charge in [0.1, 0.15) is 23.4 Å². The molecular formula is C20H20ClN3O4. The molecule has 0 amide bonds. The van der Waals surface area contributed by atoms with Crippen LogP contribution < -0.4 is 14.8 Å². The number of halogens is 1. The van der Waals surface area contributed by atoms with Crippen LogP contribution in [0.5, 0.6) is 17.5 Å². The van der Waals surface area contributed by atoms with Crippen LogP contribution in [0.25, 0.3) is 10.9 Å². The number of benzene rings is 2. The molecule has 0 bridgehead atoms. The Morgan fingerprint density at radius 3 is 2.89 bits per heavy atom. The number of methoxy groups -OCH3 is 1. The molecule has 1 fully saturated rings. The number of hydrogen-bond donors (Lipinski definition) is 2. The maximum Gasteiger partial charge on any atom is 0.319 e. The topological polar surface area (TPSA) is 85.7 Å². The third-order valence-electron chi connectivity index (χ3n) is 4.48. The van der Waals surface area contributed by atoms with Gasteiger partial charge in [-0.25, -0.2) is 0 Å². The van der Waals surface area contributed by atoms with Crippen LogP contribution in [-0.4, -0.2) is 41.5 Å². The van der Waals surface area contributed by atoms with Crippen LogP contribution in [0.1, 0.15) is 12.8 Å². The second-order valence-corrected chi connectivity index (χ2v) is 6.89. The molecule has 0 aliphatic carbocycles. The van der Waals surface area contributed by atoms with Gasteiger partial charge < -0.3 is 24.6 Å². The summed E-state index contributed by atoms with van der Waals surface area (Å²) in [5, 5.41) is 14.3. The van der Waals surface area contributed by atoms with E-state index in [0.29, 0.717) is 34.4 Å². The van der Waals surface area contributed by atoms with E-state index in [4.69, 9.17) is 25.8 Å². The predicted molar refractivity (Wildman–Crippen MR) is 107 cm³/mol. The maximum absolute atomic E-state index is 9.86. The Labute approximate surface area is 167 Å². The molecule has 1 saturated heterocycles. The third kappa shape index (κ3) is 4.05. The van der Waals surface area contributed by atoms with Gasteiger partial charge >= 0.3 is 6.01 Å². The molecular weight excluding hydrogens is 382 g/mol. The Morgan fingerprint density at radius 2 is 2.11 bits per heavy atom. The molecule has 1 aromatic heterocycles. The van der Waals surface area contributed by atoms with Gasteiger partial charge in [0.05, 0.1) is 29.9 Å². The molecule has 1 unspecified atom stereocenters. The first kappa shape index (κ1) is 18.6. The van der Waals surface area contributed by atoms with E-state index in [1.165, 1.54) is 0 Å². The number of aromatic hydroxyl groups is 1. The van der Waals surface area contributed by atoms with Gasteiger partial charge in [-0.3, -0.25) is 0 Å². The summed E-state index contributed by atoms with van der Waals surface area (Å²) in [5.74, 6) is 1.30. The van der Waals surface area contributed by atoms with Gasteiger partial charge in [0, 0.05) is 24.1 Å². The molecule has 1 atom stereocenters. The highest BCUT2D eigenvalue weighted by Gasteiger charge is 2.19. The quantitative estimate of drug-likeness (QED) is 0.659. The highest BCUT2D eigenvalue weighted by atomic mass is 35.5. The van der Waals surface area contributed by atoms with Crippen LogP contribution >= 0.6 is 11.6 Å². The summed E-state index contributed by atoms with van der Waals surface area (Å²) in [7, 11) is 1.59. The Bertz CT molecular complexity index is 993. The average Bonchev–Trinajstić information content (AvgIpc) is 2.70. The zero-order valence-electron chi connectivity index (χ0n) is 15.3. The molecule has 146 valence electrons. The molecule has 0 spiro atoms. The smallest absolute Gasteiger partial charge is 0.319 e. The number of anilines is 2. The van der Waals surface area contributed by atoms with Gasteiger partial charge in [-0.2, -0.15) is 9.97 Å². The molecule has 2 N–H and O–H groups in total. The van der Waals surface area contributed by atoms with E-state index in [2.05, 4.69) is 15.3 Å². The van der Waals surface area contributed by atoms with Crippen LogP contribution in [-0.2, 0) is 4.74 Å². The minimum absolute atomic E-state index is 0.100. The predicted octanol–water partition coefficient (Wildman–Crippen LogP) is 4.30. The second-order valence-electron chi connectivity index (χ2n) is 6.48. The first-order valence-electron chi connectivity index (χ1n) is 8.98. The van der Waals surface area contributed by atoms with Crippen LogP contribution in [0.3, 0.4) is 0 Å². The minimum atomic E-state index is -0.100. The van der Waals surface area contributed by atoms with Gasteiger partial charge in [-0.05, 0) is 37.1 Å². The van der Waals surface area contributed by atoms with Crippen molar-refractivity contribution in [1.82, 2.24) is 9.97 Å². The van der Waals surface area contributed by atoms with Crippen molar-refractivity contribution in [3.05, 3.63) is 41.4 Å². The van der Waals surface area contributed by atoms with Crippen LogP contribution in [0.4, 0.5) is 11.5 Å². The van der Waals surface area contributed by atoms with Gasteiger partial charge in [0.25, 0.3) is 0 Å². The monoisotopic (exact) mass is 401 g/mol. The van der Waals surface area contributed by atoms with Gasteiger partial charge in [0.2, 0.25) is 0 Å². The van der Waals surface area contributed by atoms with Crippen molar-refractivity contribution in [2.75, 3.05) is 25.6 Å². The highest BCUT2D eigenvalue weighted by Crippen LogP contribution is 2.33. The van der Waals surface area contributed by atoms with Crippen LogP contribution in [0.15, 0.2) is 36.4 Å². The molecule has 2 heterocycles. The highest BCUT2D eigenvalue weighted by molar-refractivity contribution is 6.33. The molecule has 28 heavy (non-hydrogen) atoms. The van der Waals surface area contributed by atoms with E-state index in [0.717, 1.165) is 24.8 Å². The van der Waals surface area contributed by atoms with Crippen molar-refractivity contribution in [3.63, 3.8) is 0 Å². The lowest BCUT2D eigenvalue weighted by molar-refractivity contribution is 0.00360. The Kier molecular flexibility index (Phi) is 5.36. The Hall–Kier alpha value is -2.77. The van der Waals surface area contributed by atoms with E-state index in [9.17, 15) is 5.11 Å². The number of aromatic nitrogens is 2. The zero-order valence-corrected chi connectivity index (χ0v) is 16.1. The van der Waals surface area contributed by atoms with E-state index < -0.39 is 0 Å². The van der Waals surface area contributed by atoms with Gasteiger partial charge in [0.15, 0.2) is 0 Å². The van der Waals surface area contributed by atoms with E-state index >= 15 is 0 Å². The first-order valence-corrected chi connectivity index (χ1v) is 9.36. The number of hydrogen-bond acceptors (Lipinski definition) is 7. The summed E-state index contributed by atoms with van der Waals surface area (Å²) >= 11 is 6.33. The normalized spacial score (nSPS) is 16.7. The number of fused-ring (bicyclic) bond motifs is 1. The lowest BCUT2D eigenvalue weighted by atomic mass is 10.2. The average molecular weight is 402 g/mol. The number of phenols is 1. The summed E-state index contributed by atoms with van der Waals surface area (Å²) in [4.78, 5) is 8.98. The molecule has 4 rings (SSSR count). The minimum Gasteiger partial charge on any atom is -0.508 e. The van der Waals surface area contributed by atoms with Gasteiger partial charge in [-0.1, -0.05) is 11.6 Å². The number of nitrogens with one attached hydrogen (secondary N) is 1. The number of phenolic OH excluding ortho intramolecular Hbond substituents is 1. The lowest BCUT2D eigenvalue weighted by Gasteiger charge is -2.22. The number of ether oxygens (including phenoxy) is 3. The first-order chi connectivity index (χ1) is 13.6. The van der Waals surface area contributed by atoms with Crippen molar-refractivity contribution in [1.29, 1.82) is 0 Å². The molecule has 7 nitrogen and oxygen atoms in total. The van der Waals surface area contributed by atoms with E-state index in [1.54, 1.807) is 43.5 Å². The largest absolute Gasteiger partial charge is 0.508 e.